The summed E-state index contributed by atoms with van der Waals surface area (Å²) in [4.78, 5) is 16.4. The largest absolute Gasteiger partial charge is 0.496 e. The summed E-state index contributed by atoms with van der Waals surface area (Å²) in [6.07, 6.45) is 0.617. The molecule has 0 atom stereocenters. The van der Waals surface area contributed by atoms with Crippen molar-refractivity contribution in [2.45, 2.75) is 6.42 Å². The molecule has 1 heterocycles. The first kappa shape index (κ1) is 19.2. The Morgan fingerprint density at radius 3 is 2.50 bits per heavy atom. The van der Waals surface area contributed by atoms with Gasteiger partial charge >= 0.3 is 11.8 Å². The second kappa shape index (κ2) is 8.90. The van der Waals surface area contributed by atoms with Gasteiger partial charge in [0.15, 0.2) is 11.5 Å². The third kappa shape index (κ3) is 4.22. The molecule has 1 N–H and O–H groups in total. The van der Waals surface area contributed by atoms with Crippen molar-refractivity contribution in [2.24, 2.45) is 0 Å². The van der Waals surface area contributed by atoms with E-state index in [9.17, 15) is 4.79 Å². The second-order valence-corrected chi connectivity index (χ2v) is 5.81. The molecule has 3 rings (SSSR count). The van der Waals surface area contributed by atoms with Crippen molar-refractivity contribution in [3.05, 3.63) is 53.9 Å². The first-order valence-corrected chi connectivity index (χ1v) is 8.62. The number of carbonyl (C=O) groups is 1. The molecule has 8 nitrogen and oxygen atoms in total. The molecule has 28 heavy (non-hydrogen) atoms. The normalized spacial score (nSPS) is 10.4. The molecule has 146 valence electrons. The highest BCUT2D eigenvalue weighted by Gasteiger charge is 2.17. The minimum Gasteiger partial charge on any atom is -0.496 e. The molecule has 0 saturated heterocycles. The van der Waals surface area contributed by atoms with Gasteiger partial charge in [-0.15, -0.1) is 0 Å². The molecule has 0 saturated carbocycles. The van der Waals surface area contributed by atoms with Crippen molar-refractivity contribution < 1.29 is 23.5 Å². The van der Waals surface area contributed by atoms with Gasteiger partial charge in [0.25, 0.3) is 0 Å². The predicted molar refractivity (Wildman–Crippen MR) is 102 cm³/mol. The molecule has 0 aliphatic rings. The summed E-state index contributed by atoms with van der Waals surface area (Å²) in [5, 5.41) is 6.64. The third-order valence-electron chi connectivity index (χ3n) is 4.13. The number of hydrogen-bond donors (Lipinski definition) is 1. The van der Waals surface area contributed by atoms with Gasteiger partial charge in [-0.2, -0.15) is 4.98 Å². The lowest BCUT2D eigenvalue weighted by atomic mass is 10.1. The number of ether oxygens (including phenoxy) is 3. The lowest BCUT2D eigenvalue weighted by molar-refractivity contribution is 0.0910. The SMILES string of the molecule is COc1ccccc1CCNC(=O)c1nc(-c2ccc(OC)c(OC)c2)no1. The van der Waals surface area contributed by atoms with Crippen molar-refractivity contribution in [3.8, 4) is 28.6 Å². The zero-order chi connectivity index (χ0) is 19.9. The lowest BCUT2D eigenvalue weighted by Gasteiger charge is -2.08. The Balaban J connectivity index is 1.64. The third-order valence-corrected chi connectivity index (χ3v) is 4.13. The van der Waals surface area contributed by atoms with Crippen LogP contribution in [-0.4, -0.2) is 43.9 Å². The lowest BCUT2D eigenvalue weighted by Crippen LogP contribution is -2.26. The van der Waals surface area contributed by atoms with Crippen LogP contribution >= 0.6 is 0 Å². The predicted octanol–water partition coefficient (Wildman–Crippen LogP) is 2.73. The number of nitrogens with zero attached hydrogens (tertiary/aromatic N) is 2. The summed E-state index contributed by atoms with van der Waals surface area (Å²) in [5.74, 6) is 1.65. The molecule has 0 bridgehead atoms. The number of benzene rings is 2. The van der Waals surface area contributed by atoms with E-state index in [-0.39, 0.29) is 11.7 Å². The number of amides is 1. The Labute approximate surface area is 162 Å². The van der Waals surface area contributed by atoms with Crippen LogP contribution in [0.15, 0.2) is 47.0 Å². The minimum atomic E-state index is -0.436. The maximum Gasteiger partial charge on any atom is 0.316 e. The van der Waals surface area contributed by atoms with Gasteiger partial charge in [0.1, 0.15) is 5.75 Å². The molecule has 1 aromatic heterocycles. The smallest absolute Gasteiger partial charge is 0.316 e. The number of methoxy groups -OCH3 is 3. The van der Waals surface area contributed by atoms with Crippen LogP contribution in [0.3, 0.4) is 0 Å². The topological polar surface area (TPSA) is 95.7 Å². The van der Waals surface area contributed by atoms with Gasteiger partial charge in [-0.05, 0) is 36.2 Å². The number of carbonyl (C=O) groups excluding carboxylic acids is 1. The summed E-state index contributed by atoms with van der Waals surface area (Å²) in [6.45, 7) is 0.410. The van der Waals surface area contributed by atoms with E-state index in [1.165, 1.54) is 0 Å². The molecule has 0 aliphatic carbocycles. The zero-order valence-corrected chi connectivity index (χ0v) is 15.9. The Morgan fingerprint density at radius 2 is 1.75 bits per heavy atom. The molecule has 2 aromatic carbocycles. The highest BCUT2D eigenvalue weighted by Crippen LogP contribution is 2.31. The van der Waals surface area contributed by atoms with Gasteiger partial charge in [0.2, 0.25) is 5.82 Å². The molecule has 8 heteroatoms. The molecule has 0 fully saturated rings. The van der Waals surface area contributed by atoms with Crippen LogP contribution in [0.5, 0.6) is 17.2 Å². The summed E-state index contributed by atoms with van der Waals surface area (Å²) >= 11 is 0. The molecule has 1 amide bonds. The summed E-state index contributed by atoms with van der Waals surface area (Å²) in [7, 11) is 4.71. The van der Waals surface area contributed by atoms with Crippen molar-refractivity contribution in [2.75, 3.05) is 27.9 Å². The van der Waals surface area contributed by atoms with Gasteiger partial charge in [-0.25, -0.2) is 0 Å². The van der Waals surface area contributed by atoms with Crippen molar-refractivity contribution in [1.82, 2.24) is 15.5 Å². The van der Waals surface area contributed by atoms with Crippen LogP contribution in [-0.2, 0) is 6.42 Å². The monoisotopic (exact) mass is 383 g/mol. The van der Waals surface area contributed by atoms with Crippen molar-refractivity contribution in [1.29, 1.82) is 0 Å². The first-order chi connectivity index (χ1) is 13.7. The van der Waals surface area contributed by atoms with Gasteiger partial charge in [0, 0.05) is 12.1 Å². The number of rotatable bonds is 8. The fourth-order valence-electron chi connectivity index (χ4n) is 2.70. The number of aromatic nitrogens is 2. The highest BCUT2D eigenvalue weighted by molar-refractivity contribution is 5.89. The molecule has 0 aliphatic heterocycles. The Hall–Kier alpha value is -3.55. The van der Waals surface area contributed by atoms with E-state index in [2.05, 4.69) is 15.5 Å². The van der Waals surface area contributed by atoms with Crippen molar-refractivity contribution in [3.63, 3.8) is 0 Å². The van der Waals surface area contributed by atoms with Crippen LogP contribution in [0.4, 0.5) is 0 Å². The van der Waals surface area contributed by atoms with Gasteiger partial charge < -0.3 is 24.1 Å². The Kier molecular flexibility index (Phi) is 6.11. The molecule has 3 aromatic rings. The van der Waals surface area contributed by atoms with Gasteiger partial charge in [-0.1, -0.05) is 23.4 Å². The van der Waals surface area contributed by atoms with E-state index < -0.39 is 5.91 Å². The average molecular weight is 383 g/mol. The first-order valence-electron chi connectivity index (χ1n) is 8.62. The maximum atomic E-state index is 12.3. The summed E-state index contributed by atoms with van der Waals surface area (Å²) in [6, 6.07) is 12.9. The van der Waals surface area contributed by atoms with E-state index in [4.69, 9.17) is 18.7 Å². The second-order valence-electron chi connectivity index (χ2n) is 5.81. The minimum absolute atomic E-state index is 0.107. The molecule has 0 spiro atoms. The van der Waals surface area contributed by atoms with Crippen molar-refractivity contribution >= 4 is 5.91 Å². The van der Waals surface area contributed by atoms with E-state index in [1.54, 1.807) is 39.5 Å². The number of hydrogen-bond acceptors (Lipinski definition) is 7. The fourth-order valence-corrected chi connectivity index (χ4v) is 2.70. The zero-order valence-electron chi connectivity index (χ0n) is 15.9. The van der Waals surface area contributed by atoms with Crippen LogP contribution in [0.1, 0.15) is 16.2 Å². The summed E-state index contributed by atoms with van der Waals surface area (Å²) < 4.78 is 20.9. The van der Waals surface area contributed by atoms with Crippen LogP contribution in [0, 0.1) is 0 Å². The average Bonchev–Trinajstić information content (AvgIpc) is 3.24. The van der Waals surface area contributed by atoms with Crippen LogP contribution < -0.4 is 19.5 Å². The van der Waals surface area contributed by atoms with Crippen LogP contribution in [0.25, 0.3) is 11.4 Å². The van der Waals surface area contributed by atoms with Gasteiger partial charge in [0.05, 0.1) is 21.3 Å². The van der Waals surface area contributed by atoms with E-state index in [0.29, 0.717) is 30.0 Å². The number of para-hydroxylation sites is 1. The van der Waals surface area contributed by atoms with E-state index in [1.807, 2.05) is 24.3 Å². The van der Waals surface area contributed by atoms with E-state index in [0.717, 1.165) is 11.3 Å². The highest BCUT2D eigenvalue weighted by atomic mass is 16.5. The molecular weight excluding hydrogens is 362 g/mol. The molecule has 0 unspecified atom stereocenters. The van der Waals surface area contributed by atoms with E-state index >= 15 is 0 Å². The Bertz CT molecular complexity index is 955. The standard InChI is InChI=1S/C20H21N3O5/c1-25-15-7-5-4-6-13(15)10-11-21-19(24)20-22-18(23-28-20)14-8-9-16(26-2)17(12-14)27-3/h4-9,12H,10-11H2,1-3H3,(H,21,24). The molecular formula is C20H21N3O5. The maximum absolute atomic E-state index is 12.3. The Morgan fingerprint density at radius 1 is 1.00 bits per heavy atom. The van der Waals surface area contributed by atoms with Gasteiger partial charge in [-0.3, -0.25) is 4.79 Å². The molecule has 0 radical (unpaired) electrons. The van der Waals surface area contributed by atoms with Crippen LogP contribution in [0.2, 0.25) is 0 Å². The number of nitrogens with one attached hydrogen (secondary N) is 1. The summed E-state index contributed by atoms with van der Waals surface area (Å²) in [5.41, 5.74) is 1.65. The fraction of sp³-hybridized carbons (Fsp3) is 0.250. The quantitative estimate of drug-likeness (QED) is 0.639.